The van der Waals surface area contributed by atoms with Crippen molar-refractivity contribution in [3.63, 3.8) is 0 Å². The van der Waals surface area contributed by atoms with E-state index in [9.17, 15) is 5.26 Å². The molecule has 0 aliphatic heterocycles. The van der Waals surface area contributed by atoms with Crippen LogP contribution in [0.4, 0.5) is 0 Å². The monoisotopic (exact) mass is 777 g/mol. The second kappa shape index (κ2) is 12.6. The topological polar surface area (TPSA) is 43.5 Å². The zero-order valence-electron chi connectivity index (χ0n) is 33.2. The number of hydrogen-bond acceptors (Lipinski definition) is 1. The van der Waals surface area contributed by atoms with Crippen LogP contribution in [0.2, 0.25) is 0 Å². The lowest BCUT2D eigenvalue weighted by atomic mass is 10.0. The fourth-order valence-electron chi connectivity index (χ4n) is 10.5. The van der Waals surface area contributed by atoms with Crippen molar-refractivity contribution in [2.45, 2.75) is 6.92 Å². The van der Waals surface area contributed by atoms with Crippen LogP contribution < -0.4 is 0 Å². The molecule has 13 rings (SSSR count). The lowest BCUT2D eigenvalue weighted by molar-refractivity contribution is 1.16. The second-order valence-electron chi connectivity index (χ2n) is 16.1. The number of hydrogen-bond donors (Lipinski definition) is 0. The third-order valence-electron chi connectivity index (χ3n) is 12.9. The third kappa shape index (κ3) is 4.53. The van der Waals surface area contributed by atoms with Crippen LogP contribution in [0.15, 0.2) is 194 Å². The Labute approximate surface area is 350 Å². The molecule has 4 aromatic heterocycles. The molecule has 0 saturated carbocycles. The summed E-state index contributed by atoms with van der Waals surface area (Å²) >= 11 is 0. The van der Waals surface area contributed by atoms with Gasteiger partial charge in [-0.05, 0) is 91.3 Å². The van der Waals surface area contributed by atoms with Gasteiger partial charge in [-0.25, -0.2) is 0 Å². The standard InChI is InChI=1S/C56H35N5/c1-35-31-51-54(42-24-12-15-27-46(42)58(51)37-17-5-2-6-18-37)56-52(35)44-33-49(36(34-57)32-50(44)60(56)39-21-9-4-10-22-39)61-47-28-16-13-25-43(47)53-48(61)30-29-41-40-23-11-14-26-45(40)59(55(41)53)38-19-7-3-8-20-38/h2-33H,1H3. The average molecular weight is 778 g/mol. The van der Waals surface area contributed by atoms with Gasteiger partial charge >= 0.3 is 0 Å². The quantitative estimate of drug-likeness (QED) is 0.175. The predicted molar refractivity (Wildman–Crippen MR) is 253 cm³/mol. The van der Waals surface area contributed by atoms with E-state index in [0.717, 1.165) is 83.0 Å². The van der Waals surface area contributed by atoms with Gasteiger partial charge in [-0.2, -0.15) is 5.26 Å². The van der Waals surface area contributed by atoms with E-state index in [-0.39, 0.29) is 0 Å². The van der Waals surface area contributed by atoms with Gasteiger partial charge in [0, 0.05) is 60.2 Å². The molecular weight excluding hydrogens is 743 g/mol. The number of rotatable bonds is 4. The van der Waals surface area contributed by atoms with Crippen LogP contribution in [-0.2, 0) is 0 Å². The highest BCUT2D eigenvalue weighted by Gasteiger charge is 2.26. The van der Waals surface area contributed by atoms with Crippen molar-refractivity contribution >= 4 is 87.2 Å². The summed E-state index contributed by atoms with van der Waals surface area (Å²) in [6.45, 7) is 2.24. The van der Waals surface area contributed by atoms with Crippen LogP contribution >= 0.6 is 0 Å². The Bertz CT molecular complexity index is 3990. The number of benzene rings is 9. The minimum Gasteiger partial charge on any atom is -0.309 e. The van der Waals surface area contributed by atoms with E-state index < -0.39 is 0 Å². The number of aromatic nitrogens is 4. The molecule has 284 valence electrons. The summed E-state index contributed by atoms with van der Waals surface area (Å²) in [5, 5.41) is 20.6. The Hall–Kier alpha value is -8.33. The average Bonchev–Trinajstić information content (AvgIpc) is 4.04. The van der Waals surface area contributed by atoms with Crippen LogP contribution in [0.1, 0.15) is 11.1 Å². The lowest BCUT2D eigenvalue weighted by Gasteiger charge is -2.13. The number of nitriles is 1. The smallest absolute Gasteiger partial charge is 0.101 e. The summed E-state index contributed by atoms with van der Waals surface area (Å²) in [4.78, 5) is 0. The van der Waals surface area contributed by atoms with E-state index in [1.165, 1.54) is 32.5 Å². The fraction of sp³-hybridized carbons (Fsp3) is 0.0179. The van der Waals surface area contributed by atoms with Crippen LogP contribution in [0, 0.1) is 18.3 Å². The van der Waals surface area contributed by atoms with Crippen molar-refractivity contribution in [3.8, 4) is 28.8 Å². The SMILES string of the molecule is Cc1cc2c(c3ccccc3n2-c2ccccc2)c2c1c1cc(-n3c4ccccc4c4c3ccc3c5ccccc5n(-c5ccccc5)c34)c(C#N)cc1n2-c1ccccc1. The fourth-order valence-corrected chi connectivity index (χ4v) is 10.5. The van der Waals surface area contributed by atoms with E-state index in [1.807, 2.05) is 0 Å². The van der Waals surface area contributed by atoms with Gasteiger partial charge in [0.05, 0.1) is 55.4 Å². The first-order chi connectivity index (χ1) is 30.2. The van der Waals surface area contributed by atoms with E-state index in [1.54, 1.807) is 0 Å². The molecule has 0 amide bonds. The summed E-state index contributed by atoms with van der Waals surface area (Å²) < 4.78 is 9.52. The predicted octanol–water partition coefficient (Wildman–Crippen LogP) is 14.3. The largest absolute Gasteiger partial charge is 0.309 e. The van der Waals surface area contributed by atoms with Gasteiger partial charge in [0.2, 0.25) is 0 Å². The van der Waals surface area contributed by atoms with Crippen molar-refractivity contribution in [2.75, 3.05) is 0 Å². The zero-order chi connectivity index (χ0) is 40.3. The highest BCUT2D eigenvalue weighted by molar-refractivity contribution is 6.29. The van der Waals surface area contributed by atoms with Gasteiger partial charge in [0.1, 0.15) is 6.07 Å². The summed E-state index contributed by atoms with van der Waals surface area (Å²) in [6, 6.07) is 72.0. The van der Waals surface area contributed by atoms with E-state index in [4.69, 9.17) is 0 Å². The maximum Gasteiger partial charge on any atom is 0.101 e. The Morgan fingerprint density at radius 1 is 0.344 bits per heavy atom. The first kappa shape index (κ1) is 33.6. The van der Waals surface area contributed by atoms with Crippen molar-refractivity contribution in [1.82, 2.24) is 18.3 Å². The molecular formula is C56H35N5. The molecule has 0 radical (unpaired) electrons. The molecule has 13 aromatic rings. The number of nitrogens with zero attached hydrogens (tertiary/aromatic N) is 5. The number of aryl methyl sites for hydroxylation is 1. The molecule has 0 aliphatic carbocycles. The van der Waals surface area contributed by atoms with Gasteiger partial charge < -0.3 is 18.3 Å². The van der Waals surface area contributed by atoms with Gasteiger partial charge in [0.25, 0.3) is 0 Å². The molecule has 0 spiro atoms. The van der Waals surface area contributed by atoms with E-state index in [0.29, 0.717) is 5.56 Å². The summed E-state index contributed by atoms with van der Waals surface area (Å²) in [5.74, 6) is 0. The molecule has 0 unspecified atom stereocenters. The maximum absolute atomic E-state index is 11.2. The normalized spacial score (nSPS) is 12.0. The van der Waals surface area contributed by atoms with Crippen molar-refractivity contribution < 1.29 is 0 Å². The third-order valence-corrected chi connectivity index (χ3v) is 12.9. The van der Waals surface area contributed by atoms with Crippen LogP contribution in [-0.4, -0.2) is 18.3 Å². The van der Waals surface area contributed by atoms with Gasteiger partial charge in [-0.15, -0.1) is 0 Å². The molecule has 0 saturated heterocycles. The summed E-state index contributed by atoms with van der Waals surface area (Å²) in [7, 11) is 0. The Balaban J connectivity index is 1.20. The molecule has 61 heavy (non-hydrogen) atoms. The molecule has 5 nitrogen and oxygen atoms in total. The van der Waals surface area contributed by atoms with Gasteiger partial charge in [-0.3, -0.25) is 0 Å². The molecule has 0 N–H and O–H groups in total. The minimum atomic E-state index is 0.611. The molecule has 4 heterocycles. The molecule has 0 aliphatic rings. The maximum atomic E-state index is 11.2. The van der Waals surface area contributed by atoms with Crippen LogP contribution in [0.25, 0.3) is 110 Å². The first-order valence-corrected chi connectivity index (χ1v) is 20.8. The van der Waals surface area contributed by atoms with Gasteiger partial charge in [0.15, 0.2) is 0 Å². The van der Waals surface area contributed by atoms with Crippen molar-refractivity contribution in [3.05, 3.63) is 205 Å². The Kier molecular flexibility index (Phi) is 6.94. The highest BCUT2D eigenvalue weighted by Crippen LogP contribution is 2.47. The second-order valence-corrected chi connectivity index (χ2v) is 16.1. The molecule has 9 aromatic carbocycles. The van der Waals surface area contributed by atoms with Gasteiger partial charge in [-0.1, -0.05) is 115 Å². The molecule has 0 fully saturated rings. The highest BCUT2D eigenvalue weighted by atomic mass is 15.0. The lowest BCUT2D eigenvalue weighted by Crippen LogP contribution is -1.99. The van der Waals surface area contributed by atoms with Crippen molar-refractivity contribution in [2.24, 2.45) is 0 Å². The van der Waals surface area contributed by atoms with Crippen molar-refractivity contribution in [1.29, 1.82) is 5.26 Å². The Morgan fingerprint density at radius 3 is 1.44 bits per heavy atom. The summed E-state index contributed by atoms with van der Waals surface area (Å²) in [5.41, 5.74) is 14.8. The summed E-state index contributed by atoms with van der Waals surface area (Å²) in [6.07, 6.45) is 0. The number of fused-ring (bicyclic) bond motifs is 14. The molecule has 0 atom stereocenters. The van der Waals surface area contributed by atoms with Crippen LogP contribution in [0.5, 0.6) is 0 Å². The first-order valence-electron chi connectivity index (χ1n) is 20.8. The zero-order valence-corrected chi connectivity index (χ0v) is 33.2. The molecule has 0 bridgehead atoms. The minimum absolute atomic E-state index is 0.611. The molecule has 5 heteroatoms. The Morgan fingerprint density at radius 2 is 0.836 bits per heavy atom. The van der Waals surface area contributed by atoms with Crippen LogP contribution in [0.3, 0.4) is 0 Å². The number of para-hydroxylation sites is 6. The van der Waals surface area contributed by atoms with E-state index >= 15 is 0 Å². The van der Waals surface area contributed by atoms with E-state index in [2.05, 4.69) is 225 Å².